The van der Waals surface area contributed by atoms with Gasteiger partial charge in [0.1, 0.15) is 11.5 Å². The van der Waals surface area contributed by atoms with E-state index in [0.29, 0.717) is 22.6 Å². The van der Waals surface area contributed by atoms with E-state index in [4.69, 9.17) is 4.74 Å². The van der Waals surface area contributed by atoms with Crippen LogP contribution in [0.2, 0.25) is 0 Å². The van der Waals surface area contributed by atoms with E-state index in [0.717, 1.165) is 11.3 Å². The topological polar surface area (TPSA) is 80.3 Å². The lowest BCUT2D eigenvalue weighted by atomic mass is 10.2. The Labute approximate surface area is 169 Å². The third kappa shape index (κ3) is 5.77. The molecule has 146 valence electrons. The normalized spacial score (nSPS) is 10.6. The molecular weight excluding hydrogens is 366 g/mol. The molecule has 1 aromatic heterocycles. The van der Waals surface area contributed by atoms with Crippen LogP contribution in [-0.4, -0.2) is 23.8 Å². The third-order valence-corrected chi connectivity index (χ3v) is 4.02. The maximum atomic E-state index is 12.1. The van der Waals surface area contributed by atoms with Gasteiger partial charge in [0.15, 0.2) is 0 Å². The van der Waals surface area contributed by atoms with Gasteiger partial charge in [-0.05, 0) is 66.6 Å². The second-order valence-electron chi connectivity index (χ2n) is 6.35. The first-order valence-corrected chi connectivity index (χ1v) is 9.04. The molecule has 0 aliphatic carbocycles. The highest BCUT2D eigenvalue weighted by molar-refractivity contribution is 6.02. The van der Waals surface area contributed by atoms with Crippen LogP contribution in [0.5, 0.6) is 11.5 Å². The van der Waals surface area contributed by atoms with Crippen LogP contribution in [0.3, 0.4) is 0 Å². The van der Waals surface area contributed by atoms with Crippen molar-refractivity contribution in [3.8, 4) is 11.5 Å². The van der Waals surface area contributed by atoms with Crippen LogP contribution in [0.1, 0.15) is 21.5 Å². The van der Waals surface area contributed by atoms with Crippen molar-refractivity contribution in [2.45, 2.75) is 6.92 Å². The molecule has 2 amide bonds. The first kappa shape index (κ1) is 19.8. The number of benzene rings is 2. The molecule has 0 aliphatic rings. The van der Waals surface area contributed by atoms with E-state index in [1.165, 1.54) is 12.3 Å². The van der Waals surface area contributed by atoms with Crippen LogP contribution in [0, 0.1) is 6.92 Å². The number of amides is 2. The Morgan fingerprint density at radius 2 is 1.79 bits per heavy atom. The Kier molecular flexibility index (Phi) is 6.37. The quantitative estimate of drug-likeness (QED) is 0.622. The van der Waals surface area contributed by atoms with Gasteiger partial charge < -0.3 is 15.4 Å². The molecule has 0 radical (unpaired) electrons. The average molecular weight is 387 g/mol. The molecule has 6 nitrogen and oxygen atoms in total. The monoisotopic (exact) mass is 387 g/mol. The van der Waals surface area contributed by atoms with Crippen molar-refractivity contribution in [3.05, 3.63) is 89.8 Å². The summed E-state index contributed by atoms with van der Waals surface area (Å²) in [6, 6.07) is 16.6. The van der Waals surface area contributed by atoms with Crippen molar-refractivity contribution < 1.29 is 14.3 Å². The van der Waals surface area contributed by atoms with E-state index >= 15 is 0 Å². The number of carbonyl (C=O) groups is 2. The van der Waals surface area contributed by atoms with Crippen molar-refractivity contribution in [3.63, 3.8) is 0 Å². The van der Waals surface area contributed by atoms with Gasteiger partial charge in [-0.3, -0.25) is 14.6 Å². The fourth-order valence-electron chi connectivity index (χ4n) is 2.59. The van der Waals surface area contributed by atoms with Crippen LogP contribution >= 0.6 is 0 Å². The lowest BCUT2D eigenvalue weighted by molar-refractivity contribution is -0.111. The molecule has 0 bridgehead atoms. The minimum atomic E-state index is -0.289. The maximum absolute atomic E-state index is 12.1. The molecular formula is C23H21N3O3. The highest BCUT2D eigenvalue weighted by Crippen LogP contribution is 2.23. The summed E-state index contributed by atoms with van der Waals surface area (Å²) in [4.78, 5) is 27.8. The summed E-state index contributed by atoms with van der Waals surface area (Å²) in [7, 11) is 1.55. The lowest BCUT2D eigenvalue weighted by Crippen LogP contribution is -2.17. The zero-order chi connectivity index (χ0) is 20.6. The molecule has 3 aromatic rings. The highest BCUT2D eigenvalue weighted by atomic mass is 16.5. The van der Waals surface area contributed by atoms with E-state index in [-0.39, 0.29) is 11.8 Å². The summed E-state index contributed by atoms with van der Waals surface area (Å²) in [5.74, 6) is 0.923. The van der Waals surface area contributed by atoms with Crippen molar-refractivity contribution >= 4 is 23.6 Å². The van der Waals surface area contributed by atoms with Gasteiger partial charge in [-0.25, -0.2) is 0 Å². The predicted molar refractivity (Wildman–Crippen MR) is 113 cm³/mol. The van der Waals surface area contributed by atoms with Crippen molar-refractivity contribution in [1.82, 2.24) is 10.3 Å². The Morgan fingerprint density at radius 3 is 2.52 bits per heavy atom. The largest absolute Gasteiger partial charge is 0.457 e. The van der Waals surface area contributed by atoms with Gasteiger partial charge in [-0.2, -0.15) is 0 Å². The number of hydrogen-bond donors (Lipinski definition) is 2. The fraction of sp³-hybridized carbons (Fsp3) is 0.0870. The smallest absolute Gasteiger partial charge is 0.252 e. The molecule has 2 aromatic carbocycles. The van der Waals surface area contributed by atoms with Gasteiger partial charge >= 0.3 is 0 Å². The van der Waals surface area contributed by atoms with Crippen LogP contribution in [0.15, 0.2) is 73.1 Å². The summed E-state index contributed by atoms with van der Waals surface area (Å²) in [5, 5.41) is 5.32. The standard InChI is InChI=1S/C23H21N3O3/c1-16-4-3-5-21(12-16)29-20-9-7-19(8-10-20)26-22(27)11-6-17-13-18(15-25-14-17)23(28)24-2/h3-15H,1-2H3,(H,24,28)(H,26,27)/b11-6+. The Bertz CT molecular complexity index is 1040. The Morgan fingerprint density at radius 1 is 1.00 bits per heavy atom. The Balaban J connectivity index is 1.59. The zero-order valence-electron chi connectivity index (χ0n) is 16.2. The van der Waals surface area contributed by atoms with Crippen LogP contribution in [0.4, 0.5) is 5.69 Å². The summed E-state index contributed by atoms with van der Waals surface area (Å²) >= 11 is 0. The van der Waals surface area contributed by atoms with Crippen molar-refractivity contribution in [2.24, 2.45) is 0 Å². The van der Waals surface area contributed by atoms with Gasteiger partial charge in [-0.15, -0.1) is 0 Å². The highest BCUT2D eigenvalue weighted by Gasteiger charge is 2.04. The average Bonchev–Trinajstić information content (AvgIpc) is 2.73. The molecule has 0 saturated heterocycles. The molecule has 0 saturated carbocycles. The van der Waals surface area contributed by atoms with Crippen LogP contribution < -0.4 is 15.4 Å². The fourth-order valence-corrected chi connectivity index (χ4v) is 2.59. The molecule has 1 heterocycles. The summed E-state index contributed by atoms with van der Waals surface area (Å²) in [6.07, 6.45) is 6.04. The number of nitrogens with zero attached hydrogens (tertiary/aromatic N) is 1. The van der Waals surface area contributed by atoms with Gasteiger partial charge in [0.25, 0.3) is 5.91 Å². The number of pyridine rings is 1. The summed E-state index contributed by atoms with van der Waals surface area (Å²) in [5.41, 5.74) is 2.85. The van der Waals surface area contributed by atoms with Crippen LogP contribution in [0.25, 0.3) is 6.08 Å². The minimum absolute atomic E-state index is 0.231. The third-order valence-electron chi connectivity index (χ3n) is 4.02. The van der Waals surface area contributed by atoms with Crippen molar-refractivity contribution in [2.75, 3.05) is 12.4 Å². The van der Waals surface area contributed by atoms with Gasteiger partial charge in [0.05, 0.1) is 5.56 Å². The SMILES string of the molecule is CNC(=O)c1cncc(/C=C/C(=O)Nc2ccc(Oc3cccc(C)c3)cc2)c1. The lowest BCUT2D eigenvalue weighted by Gasteiger charge is -2.08. The van der Waals surface area contributed by atoms with E-state index in [9.17, 15) is 9.59 Å². The number of ether oxygens (including phenoxy) is 1. The first-order valence-electron chi connectivity index (χ1n) is 9.04. The summed E-state index contributed by atoms with van der Waals surface area (Å²) in [6.45, 7) is 2.00. The summed E-state index contributed by atoms with van der Waals surface area (Å²) < 4.78 is 5.80. The maximum Gasteiger partial charge on any atom is 0.252 e. The number of hydrogen-bond acceptors (Lipinski definition) is 4. The van der Waals surface area contributed by atoms with E-state index in [1.54, 1.807) is 49.7 Å². The molecule has 6 heteroatoms. The molecule has 0 spiro atoms. The number of aryl methyl sites for hydroxylation is 1. The molecule has 0 unspecified atom stereocenters. The number of aromatic nitrogens is 1. The van der Waals surface area contributed by atoms with Crippen LogP contribution in [-0.2, 0) is 4.79 Å². The molecule has 2 N–H and O–H groups in total. The number of rotatable bonds is 6. The number of anilines is 1. The molecule has 0 atom stereocenters. The molecule has 0 fully saturated rings. The molecule has 0 aliphatic heterocycles. The van der Waals surface area contributed by atoms with E-state index < -0.39 is 0 Å². The van der Waals surface area contributed by atoms with E-state index in [1.807, 2.05) is 31.2 Å². The van der Waals surface area contributed by atoms with E-state index in [2.05, 4.69) is 15.6 Å². The second-order valence-corrected chi connectivity index (χ2v) is 6.35. The second kappa shape index (κ2) is 9.32. The van der Waals surface area contributed by atoms with Crippen molar-refractivity contribution in [1.29, 1.82) is 0 Å². The molecule has 3 rings (SSSR count). The van der Waals surface area contributed by atoms with Gasteiger partial charge in [0.2, 0.25) is 5.91 Å². The van der Waals surface area contributed by atoms with Gasteiger partial charge in [-0.1, -0.05) is 12.1 Å². The number of nitrogens with one attached hydrogen (secondary N) is 2. The zero-order valence-corrected chi connectivity index (χ0v) is 16.2. The minimum Gasteiger partial charge on any atom is -0.457 e. The number of carbonyl (C=O) groups excluding carboxylic acids is 2. The molecule has 29 heavy (non-hydrogen) atoms. The Hall–Kier alpha value is -3.93. The van der Waals surface area contributed by atoms with Gasteiger partial charge in [0, 0.05) is 31.2 Å². The predicted octanol–water partition coefficient (Wildman–Crippen LogP) is 4.19. The first-order chi connectivity index (χ1) is 14.0.